The Morgan fingerprint density at radius 3 is 2.76 bits per heavy atom. The van der Waals surface area contributed by atoms with E-state index in [2.05, 4.69) is 69.0 Å². The van der Waals surface area contributed by atoms with Gasteiger partial charge in [0.2, 0.25) is 0 Å². The fraction of sp³-hybridized carbons (Fsp3) is 0.500. The van der Waals surface area contributed by atoms with Crippen molar-refractivity contribution in [3.05, 3.63) is 42.0 Å². The van der Waals surface area contributed by atoms with Crippen LogP contribution >= 0.6 is 0 Å². The van der Waals surface area contributed by atoms with Crippen LogP contribution in [0.2, 0.25) is 0 Å². The summed E-state index contributed by atoms with van der Waals surface area (Å²) in [7, 11) is 0. The molecule has 0 aliphatic carbocycles. The van der Waals surface area contributed by atoms with E-state index in [0.29, 0.717) is 6.04 Å². The van der Waals surface area contributed by atoms with Gasteiger partial charge in [-0.3, -0.25) is 0 Å². The third-order valence-corrected chi connectivity index (χ3v) is 4.04. The molecule has 0 bridgehead atoms. The second-order valence-electron chi connectivity index (χ2n) is 5.29. The maximum absolute atomic E-state index is 2.59. The van der Waals surface area contributed by atoms with Gasteiger partial charge in [0.25, 0.3) is 0 Å². The van der Waals surface area contributed by atoms with Crippen LogP contribution in [0.15, 0.2) is 36.4 Å². The highest BCUT2D eigenvalue weighted by atomic mass is 15.2. The molecule has 2 atom stereocenters. The van der Waals surface area contributed by atoms with Gasteiger partial charge in [0.15, 0.2) is 0 Å². The van der Waals surface area contributed by atoms with E-state index in [1.165, 1.54) is 24.1 Å². The SMILES string of the molecule is CC=CC(C)N1c2ccccc2CC1(C)CC. The molecule has 2 rings (SSSR count). The van der Waals surface area contributed by atoms with Gasteiger partial charge >= 0.3 is 0 Å². The minimum absolute atomic E-state index is 0.266. The van der Waals surface area contributed by atoms with E-state index in [4.69, 9.17) is 0 Å². The summed E-state index contributed by atoms with van der Waals surface area (Å²) in [6.45, 7) is 9.06. The number of anilines is 1. The fourth-order valence-electron chi connectivity index (χ4n) is 3.05. The monoisotopic (exact) mass is 229 g/mol. The Bertz CT molecular complexity index is 421. The maximum atomic E-state index is 2.59. The highest BCUT2D eigenvalue weighted by Gasteiger charge is 2.39. The molecule has 1 heteroatoms. The standard InChI is InChI=1S/C16H23N/c1-5-9-13(3)17-15-11-8-7-10-14(15)12-16(17,4)6-2/h5,7-11,13H,6,12H2,1-4H3. The summed E-state index contributed by atoms with van der Waals surface area (Å²) in [4.78, 5) is 2.59. The van der Waals surface area contributed by atoms with Crippen molar-refractivity contribution >= 4 is 5.69 Å². The molecule has 1 aromatic carbocycles. The van der Waals surface area contributed by atoms with Gasteiger partial charge in [-0.05, 0) is 45.2 Å². The van der Waals surface area contributed by atoms with Crippen LogP contribution in [0.5, 0.6) is 0 Å². The van der Waals surface area contributed by atoms with E-state index in [1.54, 1.807) is 0 Å². The van der Waals surface area contributed by atoms with E-state index in [-0.39, 0.29) is 5.54 Å². The first-order valence-corrected chi connectivity index (χ1v) is 6.62. The van der Waals surface area contributed by atoms with Crippen LogP contribution in [0.4, 0.5) is 5.69 Å². The molecule has 0 aromatic heterocycles. The summed E-state index contributed by atoms with van der Waals surface area (Å²) >= 11 is 0. The molecule has 0 amide bonds. The van der Waals surface area contributed by atoms with Crippen molar-refractivity contribution in [2.75, 3.05) is 4.90 Å². The van der Waals surface area contributed by atoms with Gasteiger partial charge in [0, 0.05) is 17.3 Å². The number of allylic oxidation sites excluding steroid dienone is 1. The molecule has 0 fully saturated rings. The van der Waals surface area contributed by atoms with Gasteiger partial charge in [0.1, 0.15) is 0 Å². The Labute approximate surface area is 105 Å². The zero-order valence-corrected chi connectivity index (χ0v) is 11.4. The molecule has 0 saturated carbocycles. The third kappa shape index (κ3) is 1.99. The summed E-state index contributed by atoms with van der Waals surface area (Å²) in [5.41, 5.74) is 3.18. The zero-order valence-electron chi connectivity index (χ0n) is 11.4. The van der Waals surface area contributed by atoms with Crippen molar-refractivity contribution in [3.63, 3.8) is 0 Å². The van der Waals surface area contributed by atoms with Crippen molar-refractivity contribution in [1.82, 2.24) is 0 Å². The highest BCUT2D eigenvalue weighted by molar-refractivity contribution is 5.62. The van der Waals surface area contributed by atoms with E-state index in [1.807, 2.05) is 0 Å². The molecule has 2 unspecified atom stereocenters. The van der Waals surface area contributed by atoms with Crippen LogP contribution in [-0.2, 0) is 6.42 Å². The normalized spacial score (nSPS) is 25.3. The van der Waals surface area contributed by atoms with Crippen molar-refractivity contribution in [2.24, 2.45) is 0 Å². The lowest BCUT2D eigenvalue weighted by molar-refractivity contribution is 0.414. The number of rotatable bonds is 3. The van der Waals surface area contributed by atoms with Crippen molar-refractivity contribution in [3.8, 4) is 0 Å². The number of para-hydroxylation sites is 1. The summed E-state index contributed by atoms with van der Waals surface area (Å²) < 4.78 is 0. The Kier molecular flexibility index (Phi) is 3.28. The average molecular weight is 229 g/mol. The number of nitrogens with zero attached hydrogens (tertiary/aromatic N) is 1. The molecule has 1 aromatic rings. The van der Waals surface area contributed by atoms with Crippen molar-refractivity contribution in [2.45, 2.75) is 52.1 Å². The number of benzene rings is 1. The van der Waals surface area contributed by atoms with Gasteiger partial charge in [-0.15, -0.1) is 0 Å². The maximum Gasteiger partial charge on any atom is 0.0450 e. The predicted molar refractivity (Wildman–Crippen MR) is 75.6 cm³/mol. The summed E-state index contributed by atoms with van der Waals surface area (Å²) in [5.74, 6) is 0. The summed E-state index contributed by atoms with van der Waals surface area (Å²) in [6.07, 6.45) is 6.79. The van der Waals surface area contributed by atoms with Gasteiger partial charge in [-0.2, -0.15) is 0 Å². The summed E-state index contributed by atoms with van der Waals surface area (Å²) in [6, 6.07) is 9.30. The summed E-state index contributed by atoms with van der Waals surface area (Å²) in [5, 5.41) is 0. The lowest BCUT2D eigenvalue weighted by atomic mass is 9.92. The number of hydrogen-bond donors (Lipinski definition) is 0. The van der Waals surface area contributed by atoms with E-state index in [0.717, 1.165) is 0 Å². The molecule has 92 valence electrons. The smallest absolute Gasteiger partial charge is 0.0450 e. The Balaban J connectivity index is 2.44. The lowest BCUT2D eigenvalue weighted by Gasteiger charge is -2.40. The fourth-order valence-corrected chi connectivity index (χ4v) is 3.05. The van der Waals surface area contributed by atoms with Crippen LogP contribution < -0.4 is 4.90 Å². The first-order chi connectivity index (χ1) is 8.12. The van der Waals surface area contributed by atoms with Crippen LogP contribution in [0, 0.1) is 0 Å². The van der Waals surface area contributed by atoms with Gasteiger partial charge in [-0.1, -0.05) is 37.3 Å². The molecule has 1 heterocycles. The number of fused-ring (bicyclic) bond motifs is 1. The molecule has 1 nitrogen and oxygen atoms in total. The minimum atomic E-state index is 0.266. The predicted octanol–water partition coefficient (Wildman–Crippen LogP) is 4.18. The molecule has 0 radical (unpaired) electrons. The minimum Gasteiger partial charge on any atom is -0.359 e. The largest absolute Gasteiger partial charge is 0.359 e. The Morgan fingerprint density at radius 2 is 2.12 bits per heavy atom. The molecular weight excluding hydrogens is 206 g/mol. The van der Waals surface area contributed by atoms with E-state index >= 15 is 0 Å². The average Bonchev–Trinajstić information content (AvgIpc) is 2.62. The van der Waals surface area contributed by atoms with Crippen molar-refractivity contribution in [1.29, 1.82) is 0 Å². The van der Waals surface area contributed by atoms with Crippen molar-refractivity contribution < 1.29 is 0 Å². The topological polar surface area (TPSA) is 3.24 Å². The van der Waals surface area contributed by atoms with Crippen LogP contribution in [0.25, 0.3) is 0 Å². The molecule has 1 aliphatic heterocycles. The highest BCUT2D eigenvalue weighted by Crippen LogP contribution is 2.41. The third-order valence-electron chi connectivity index (χ3n) is 4.04. The Hall–Kier alpha value is -1.24. The van der Waals surface area contributed by atoms with E-state index < -0.39 is 0 Å². The molecule has 0 spiro atoms. The Morgan fingerprint density at radius 1 is 1.41 bits per heavy atom. The molecule has 1 aliphatic rings. The van der Waals surface area contributed by atoms with E-state index in [9.17, 15) is 0 Å². The van der Waals surface area contributed by atoms with Gasteiger partial charge < -0.3 is 4.90 Å². The first-order valence-electron chi connectivity index (χ1n) is 6.62. The first kappa shape index (κ1) is 12.2. The van der Waals surface area contributed by atoms with Crippen LogP contribution in [-0.4, -0.2) is 11.6 Å². The second kappa shape index (κ2) is 4.56. The molecule has 0 saturated heterocycles. The van der Waals surface area contributed by atoms with Gasteiger partial charge in [0.05, 0.1) is 0 Å². The second-order valence-corrected chi connectivity index (χ2v) is 5.29. The van der Waals surface area contributed by atoms with Gasteiger partial charge in [-0.25, -0.2) is 0 Å². The van der Waals surface area contributed by atoms with Crippen LogP contribution in [0.1, 0.15) is 39.7 Å². The molecule has 17 heavy (non-hydrogen) atoms. The lowest BCUT2D eigenvalue weighted by Crippen LogP contribution is -2.47. The zero-order chi connectivity index (χ0) is 12.5. The van der Waals surface area contributed by atoms with Crippen LogP contribution in [0.3, 0.4) is 0 Å². The number of hydrogen-bond acceptors (Lipinski definition) is 1. The molecule has 0 N–H and O–H groups in total. The molecular formula is C16H23N. The quantitative estimate of drug-likeness (QED) is 0.703.